The molecule has 0 atom stereocenters. The van der Waals surface area contributed by atoms with Gasteiger partial charge in [0.2, 0.25) is 5.91 Å². The smallest absolute Gasteiger partial charge is 0.278 e. The third-order valence-corrected chi connectivity index (χ3v) is 4.68. The first-order valence-electron chi connectivity index (χ1n) is 6.50. The lowest BCUT2D eigenvalue weighted by molar-refractivity contribution is -0.116. The molecule has 1 aromatic carbocycles. The minimum absolute atomic E-state index is 0.143. The summed E-state index contributed by atoms with van der Waals surface area (Å²) in [5.41, 5.74) is -0.890. The molecule has 0 aliphatic carbocycles. The van der Waals surface area contributed by atoms with Crippen LogP contribution in [-0.4, -0.2) is 22.9 Å². The summed E-state index contributed by atoms with van der Waals surface area (Å²) in [5.74, 6) is -1.81. The average Bonchev–Trinajstić information content (AvgIpc) is 2.47. The van der Waals surface area contributed by atoms with E-state index in [2.05, 4.69) is 4.99 Å². The van der Waals surface area contributed by atoms with Gasteiger partial charge < -0.3 is 0 Å². The molecule has 23 heavy (non-hydrogen) atoms. The number of carbonyl (C=O) groups is 1. The molecule has 1 aromatic heterocycles. The number of amides is 1. The van der Waals surface area contributed by atoms with Crippen molar-refractivity contribution in [2.45, 2.75) is 18.7 Å². The number of aromatic nitrogens is 2. The molecule has 0 bridgehead atoms. The molecule has 122 valence electrons. The van der Waals surface area contributed by atoms with Crippen LogP contribution in [-0.2, 0) is 21.9 Å². The minimum atomic E-state index is -4.27. The van der Waals surface area contributed by atoms with Crippen molar-refractivity contribution in [1.82, 2.24) is 8.54 Å². The summed E-state index contributed by atoms with van der Waals surface area (Å²) in [4.78, 5) is 26.5. The van der Waals surface area contributed by atoms with Gasteiger partial charge in [-0.3, -0.25) is 9.36 Å². The third kappa shape index (κ3) is 3.14. The maximum atomic E-state index is 14.1. The molecule has 2 rings (SSSR count). The normalized spacial score (nSPS) is 12.4. The van der Waals surface area contributed by atoms with E-state index in [1.54, 1.807) is 13.0 Å². The predicted molar refractivity (Wildman–Crippen MR) is 79.6 cm³/mol. The number of carbonyl (C=O) groups excluding carboxylic acids is 1. The van der Waals surface area contributed by atoms with Gasteiger partial charge in [-0.2, -0.15) is 8.96 Å². The van der Waals surface area contributed by atoms with Crippen LogP contribution in [0.5, 0.6) is 0 Å². The van der Waals surface area contributed by atoms with Crippen LogP contribution >= 0.6 is 0 Å². The zero-order valence-corrected chi connectivity index (χ0v) is 13.5. The van der Waals surface area contributed by atoms with Crippen molar-refractivity contribution in [3.63, 3.8) is 0 Å². The Morgan fingerprint density at radius 3 is 2.52 bits per heavy atom. The van der Waals surface area contributed by atoms with E-state index < -0.39 is 32.9 Å². The first kappa shape index (κ1) is 16.8. The topological polar surface area (TPSA) is 90.5 Å². The Morgan fingerprint density at radius 1 is 1.30 bits per heavy atom. The third-order valence-electron chi connectivity index (χ3n) is 3.05. The fourth-order valence-electron chi connectivity index (χ4n) is 1.95. The monoisotopic (exact) mass is 339 g/mol. The summed E-state index contributed by atoms with van der Waals surface area (Å²) >= 11 is 0. The summed E-state index contributed by atoms with van der Waals surface area (Å²) in [6.45, 7) is 2.78. The molecule has 7 nitrogen and oxygen atoms in total. The van der Waals surface area contributed by atoms with Crippen LogP contribution in [0.3, 0.4) is 0 Å². The first-order chi connectivity index (χ1) is 10.6. The molecule has 9 heteroatoms. The van der Waals surface area contributed by atoms with Crippen LogP contribution in [0.2, 0.25) is 0 Å². The van der Waals surface area contributed by atoms with Gasteiger partial charge in [-0.05, 0) is 24.6 Å². The molecule has 0 aliphatic heterocycles. The second-order valence-corrected chi connectivity index (χ2v) is 6.71. The van der Waals surface area contributed by atoms with Gasteiger partial charge in [-0.25, -0.2) is 17.6 Å². The zero-order valence-electron chi connectivity index (χ0n) is 12.6. The number of aryl methyl sites for hydroxylation is 1. The fourth-order valence-corrected chi connectivity index (χ4v) is 3.33. The molecule has 0 fully saturated rings. The number of rotatable bonds is 2. The lowest BCUT2D eigenvalue weighted by atomic mass is 10.2. The molecule has 0 N–H and O–H groups in total. The van der Waals surface area contributed by atoms with E-state index in [1.807, 2.05) is 0 Å². The zero-order chi connectivity index (χ0) is 17.4. The van der Waals surface area contributed by atoms with Gasteiger partial charge in [0, 0.05) is 14.0 Å². The SMILES string of the molecule is CC(=O)/N=c1\c(F)cn(S(=O)(=O)c2cccc(C)c2)c(=O)n1C. The maximum Gasteiger partial charge on any atom is 0.343 e. The van der Waals surface area contributed by atoms with E-state index in [0.717, 1.165) is 14.0 Å². The summed E-state index contributed by atoms with van der Waals surface area (Å²) in [6, 6.07) is 5.88. The number of hydrogen-bond acceptors (Lipinski definition) is 4. The second kappa shape index (κ2) is 5.92. The fraction of sp³-hybridized carbons (Fsp3) is 0.214. The molecule has 0 unspecified atom stereocenters. The largest absolute Gasteiger partial charge is 0.343 e. The molecule has 0 saturated carbocycles. The van der Waals surface area contributed by atoms with Crippen LogP contribution < -0.4 is 11.2 Å². The van der Waals surface area contributed by atoms with Gasteiger partial charge in [-0.1, -0.05) is 12.1 Å². The molecule has 1 heterocycles. The van der Waals surface area contributed by atoms with Crippen molar-refractivity contribution >= 4 is 15.9 Å². The van der Waals surface area contributed by atoms with Gasteiger partial charge in [0.05, 0.1) is 11.1 Å². The average molecular weight is 339 g/mol. The molecule has 0 saturated heterocycles. The predicted octanol–water partition coefficient (Wildman–Crippen LogP) is 0.319. The van der Waals surface area contributed by atoms with Gasteiger partial charge in [0.15, 0.2) is 11.3 Å². The van der Waals surface area contributed by atoms with Gasteiger partial charge >= 0.3 is 5.69 Å². The second-order valence-electron chi connectivity index (χ2n) is 4.89. The molecule has 2 aromatic rings. The van der Waals surface area contributed by atoms with E-state index in [-0.39, 0.29) is 8.87 Å². The van der Waals surface area contributed by atoms with Crippen LogP contribution in [0.25, 0.3) is 0 Å². The highest BCUT2D eigenvalue weighted by atomic mass is 32.2. The molecular weight excluding hydrogens is 325 g/mol. The number of benzene rings is 1. The highest BCUT2D eigenvalue weighted by Gasteiger charge is 2.21. The van der Waals surface area contributed by atoms with Crippen molar-refractivity contribution in [2.24, 2.45) is 12.0 Å². The van der Waals surface area contributed by atoms with E-state index in [1.165, 1.54) is 18.2 Å². The van der Waals surface area contributed by atoms with Crippen LogP contribution in [0, 0.1) is 12.7 Å². The number of halogens is 1. The standard InChI is InChI=1S/C14H14FN3O4S/c1-9-5-4-6-11(7-9)23(21,22)18-8-12(15)13(16-10(2)19)17(3)14(18)20/h4-8H,1-3H3/b16-13+. The Balaban J connectivity index is 2.81. The summed E-state index contributed by atoms with van der Waals surface area (Å²) in [7, 11) is -3.13. The van der Waals surface area contributed by atoms with Crippen molar-refractivity contribution in [3.05, 3.63) is 57.8 Å². The van der Waals surface area contributed by atoms with E-state index in [4.69, 9.17) is 0 Å². The number of nitrogens with zero attached hydrogens (tertiary/aromatic N) is 3. The molecule has 0 aliphatic rings. The Bertz CT molecular complexity index is 1020. The Morgan fingerprint density at radius 2 is 1.96 bits per heavy atom. The highest BCUT2D eigenvalue weighted by molar-refractivity contribution is 7.90. The first-order valence-corrected chi connectivity index (χ1v) is 7.94. The Kier molecular flexibility index (Phi) is 4.33. The molecule has 0 radical (unpaired) electrons. The van der Waals surface area contributed by atoms with E-state index >= 15 is 0 Å². The quantitative estimate of drug-likeness (QED) is 0.788. The summed E-state index contributed by atoms with van der Waals surface area (Å²) < 4.78 is 40.1. The van der Waals surface area contributed by atoms with Gasteiger partial charge in [0.25, 0.3) is 10.0 Å². The van der Waals surface area contributed by atoms with Gasteiger partial charge in [-0.15, -0.1) is 0 Å². The number of hydrogen-bond donors (Lipinski definition) is 0. The van der Waals surface area contributed by atoms with Crippen LogP contribution in [0.4, 0.5) is 4.39 Å². The van der Waals surface area contributed by atoms with Crippen molar-refractivity contribution in [1.29, 1.82) is 0 Å². The van der Waals surface area contributed by atoms with Crippen LogP contribution in [0.15, 0.2) is 45.1 Å². The molecule has 0 spiro atoms. The summed E-state index contributed by atoms with van der Waals surface area (Å²) in [5, 5.41) is 0. The maximum absolute atomic E-state index is 14.1. The van der Waals surface area contributed by atoms with Crippen molar-refractivity contribution in [2.75, 3.05) is 0 Å². The minimum Gasteiger partial charge on any atom is -0.278 e. The summed E-state index contributed by atoms with van der Waals surface area (Å²) in [6.07, 6.45) is 0.516. The van der Waals surface area contributed by atoms with E-state index in [0.29, 0.717) is 16.3 Å². The van der Waals surface area contributed by atoms with E-state index in [9.17, 15) is 22.4 Å². The van der Waals surface area contributed by atoms with Gasteiger partial charge in [0.1, 0.15) is 0 Å². The highest BCUT2D eigenvalue weighted by Crippen LogP contribution is 2.13. The molecular formula is C14H14FN3O4S. The lowest BCUT2D eigenvalue weighted by Crippen LogP contribution is -2.42. The molecule has 1 amide bonds. The van der Waals surface area contributed by atoms with Crippen LogP contribution in [0.1, 0.15) is 12.5 Å². The lowest BCUT2D eigenvalue weighted by Gasteiger charge is -2.10. The Labute approximate surface area is 131 Å². The van der Waals surface area contributed by atoms with Crippen molar-refractivity contribution < 1.29 is 17.6 Å². The Hall–Kier alpha value is -2.55. The van der Waals surface area contributed by atoms with Crippen molar-refractivity contribution in [3.8, 4) is 0 Å².